The minimum atomic E-state index is -0.00538. The molecule has 3 aromatic rings. The van der Waals surface area contributed by atoms with Crippen LogP contribution < -0.4 is 5.32 Å². The average Bonchev–Trinajstić information content (AvgIpc) is 3.00. The molecule has 114 valence electrons. The lowest BCUT2D eigenvalue weighted by Gasteiger charge is -2.12. The Morgan fingerprint density at radius 2 is 2.09 bits per heavy atom. The lowest BCUT2D eigenvalue weighted by atomic mass is 10.1. The third-order valence-electron chi connectivity index (χ3n) is 3.52. The predicted octanol–water partition coefficient (Wildman–Crippen LogP) is 2.96. The van der Waals surface area contributed by atoms with Crippen LogP contribution in [-0.2, 0) is 6.61 Å². The van der Waals surface area contributed by atoms with Crippen molar-refractivity contribution in [2.45, 2.75) is 20.5 Å². The number of rotatable bonds is 5. The van der Waals surface area contributed by atoms with Gasteiger partial charge in [-0.1, -0.05) is 38.1 Å². The zero-order valence-corrected chi connectivity index (χ0v) is 12.8. The topological polar surface area (TPSA) is 62.5 Å². The Labute approximate surface area is 129 Å². The first-order valence-electron chi connectivity index (χ1n) is 7.45. The number of nitrogens with one attached hydrogen (secondary N) is 1. The van der Waals surface area contributed by atoms with Crippen molar-refractivity contribution in [1.82, 2.24) is 14.4 Å². The summed E-state index contributed by atoms with van der Waals surface area (Å²) in [4.78, 5) is 9.08. The van der Waals surface area contributed by atoms with Crippen LogP contribution in [0.4, 0.5) is 5.82 Å². The fourth-order valence-electron chi connectivity index (χ4n) is 2.39. The largest absolute Gasteiger partial charge is 0.392 e. The second-order valence-corrected chi connectivity index (χ2v) is 5.72. The highest BCUT2D eigenvalue weighted by Crippen LogP contribution is 2.25. The molecule has 22 heavy (non-hydrogen) atoms. The van der Waals surface area contributed by atoms with E-state index in [1.807, 2.05) is 41.1 Å². The standard InChI is InChI=1S/C17H20N4O/c1-12(2)9-19-16-17-18-7-8-21(17)10-15(20-16)14-6-4-3-5-13(14)11-22/h3-8,10,12,22H,9,11H2,1-2H3,(H,19,20). The number of anilines is 1. The Balaban J connectivity index is 2.10. The summed E-state index contributed by atoms with van der Waals surface area (Å²) in [6.45, 7) is 5.14. The van der Waals surface area contributed by atoms with Crippen LogP contribution in [0.3, 0.4) is 0 Å². The van der Waals surface area contributed by atoms with Gasteiger partial charge in [-0.25, -0.2) is 9.97 Å². The van der Waals surface area contributed by atoms with Crippen molar-refractivity contribution in [3.8, 4) is 11.3 Å². The zero-order valence-electron chi connectivity index (χ0n) is 12.8. The maximum absolute atomic E-state index is 9.54. The predicted molar refractivity (Wildman–Crippen MR) is 87.7 cm³/mol. The first kappa shape index (κ1) is 14.5. The summed E-state index contributed by atoms with van der Waals surface area (Å²) in [6.07, 6.45) is 5.61. The summed E-state index contributed by atoms with van der Waals surface area (Å²) in [5, 5.41) is 12.9. The summed E-state index contributed by atoms with van der Waals surface area (Å²) in [5.41, 5.74) is 3.43. The van der Waals surface area contributed by atoms with Crippen LogP contribution in [0.15, 0.2) is 42.9 Å². The first-order chi connectivity index (χ1) is 10.7. The highest BCUT2D eigenvalue weighted by atomic mass is 16.3. The van der Waals surface area contributed by atoms with E-state index in [9.17, 15) is 5.11 Å². The number of nitrogens with zero attached hydrogens (tertiary/aromatic N) is 3. The van der Waals surface area contributed by atoms with Crippen LogP contribution >= 0.6 is 0 Å². The van der Waals surface area contributed by atoms with Gasteiger partial charge >= 0.3 is 0 Å². The number of benzene rings is 1. The molecule has 0 amide bonds. The maximum atomic E-state index is 9.54. The highest BCUT2D eigenvalue weighted by molar-refractivity contribution is 5.70. The number of aliphatic hydroxyl groups is 1. The molecular formula is C17H20N4O. The maximum Gasteiger partial charge on any atom is 0.180 e. The molecule has 0 saturated heterocycles. The van der Waals surface area contributed by atoms with Crippen LogP contribution in [-0.4, -0.2) is 26.0 Å². The smallest absolute Gasteiger partial charge is 0.180 e. The highest BCUT2D eigenvalue weighted by Gasteiger charge is 2.11. The minimum Gasteiger partial charge on any atom is -0.392 e. The fraction of sp³-hybridized carbons (Fsp3) is 0.294. The second-order valence-electron chi connectivity index (χ2n) is 5.72. The van der Waals surface area contributed by atoms with Gasteiger partial charge in [-0.3, -0.25) is 0 Å². The van der Waals surface area contributed by atoms with Crippen LogP contribution in [0.25, 0.3) is 16.9 Å². The van der Waals surface area contributed by atoms with Crippen LogP contribution in [0.2, 0.25) is 0 Å². The molecule has 0 fully saturated rings. The molecule has 2 aromatic heterocycles. The zero-order chi connectivity index (χ0) is 15.5. The van der Waals surface area contributed by atoms with Gasteiger partial charge in [-0.2, -0.15) is 0 Å². The van der Waals surface area contributed by atoms with Crippen molar-refractivity contribution in [3.63, 3.8) is 0 Å². The Morgan fingerprint density at radius 1 is 1.27 bits per heavy atom. The minimum absolute atomic E-state index is 0.00538. The molecule has 5 heteroatoms. The lowest BCUT2D eigenvalue weighted by Crippen LogP contribution is -2.11. The number of aliphatic hydroxyl groups excluding tert-OH is 1. The normalized spacial score (nSPS) is 11.3. The SMILES string of the molecule is CC(C)CNc1nc(-c2ccccc2CO)cn2ccnc12. The van der Waals surface area contributed by atoms with E-state index in [1.165, 1.54) is 0 Å². The number of hydrogen-bond donors (Lipinski definition) is 2. The molecule has 0 aliphatic carbocycles. The van der Waals surface area contributed by atoms with Gasteiger partial charge in [0.05, 0.1) is 12.3 Å². The van der Waals surface area contributed by atoms with E-state index in [2.05, 4.69) is 24.1 Å². The third kappa shape index (κ3) is 2.80. The molecule has 0 radical (unpaired) electrons. The fourth-order valence-corrected chi connectivity index (χ4v) is 2.39. The van der Waals surface area contributed by atoms with Crippen molar-refractivity contribution >= 4 is 11.5 Å². The second kappa shape index (κ2) is 6.15. The van der Waals surface area contributed by atoms with Gasteiger partial charge in [0.15, 0.2) is 11.5 Å². The molecule has 3 rings (SSSR count). The molecule has 0 atom stereocenters. The summed E-state index contributed by atoms with van der Waals surface area (Å²) in [5.74, 6) is 1.29. The van der Waals surface area contributed by atoms with Crippen LogP contribution in [0.5, 0.6) is 0 Å². The third-order valence-corrected chi connectivity index (χ3v) is 3.52. The first-order valence-corrected chi connectivity index (χ1v) is 7.45. The Kier molecular flexibility index (Phi) is 4.06. The van der Waals surface area contributed by atoms with E-state index in [-0.39, 0.29) is 6.61 Å². The quantitative estimate of drug-likeness (QED) is 0.760. The van der Waals surface area contributed by atoms with Crippen LogP contribution in [0.1, 0.15) is 19.4 Å². The van der Waals surface area contributed by atoms with Gasteiger partial charge in [0.25, 0.3) is 0 Å². The Morgan fingerprint density at radius 3 is 2.86 bits per heavy atom. The van der Waals surface area contributed by atoms with Gasteiger partial charge in [0.1, 0.15) is 0 Å². The van der Waals surface area contributed by atoms with Gasteiger partial charge in [-0.05, 0) is 11.5 Å². The molecule has 0 aliphatic rings. The number of hydrogen-bond acceptors (Lipinski definition) is 4. The molecule has 0 spiro atoms. The summed E-state index contributed by atoms with van der Waals surface area (Å²) in [6, 6.07) is 7.76. The number of aromatic nitrogens is 3. The van der Waals surface area contributed by atoms with Gasteiger partial charge in [0, 0.05) is 30.7 Å². The van der Waals surface area contributed by atoms with Crippen molar-refractivity contribution in [2.24, 2.45) is 5.92 Å². The molecule has 5 nitrogen and oxygen atoms in total. The van der Waals surface area contributed by atoms with Gasteiger partial charge < -0.3 is 14.8 Å². The van der Waals surface area contributed by atoms with E-state index in [1.54, 1.807) is 6.20 Å². The van der Waals surface area contributed by atoms with E-state index in [4.69, 9.17) is 4.98 Å². The van der Waals surface area contributed by atoms with Crippen molar-refractivity contribution in [3.05, 3.63) is 48.4 Å². The molecule has 2 heterocycles. The molecule has 0 bridgehead atoms. The van der Waals surface area contributed by atoms with Crippen molar-refractivity contribution in [1.29, 1.82) is 0 Å². The Hall–Kier alpha value is -2.40. The van der Waals surface area contributed by atoms with E-state index in [0.717, 1.165) is 34.8 Å². The van der Waals surface area contributed by atoms with Crippen LogP contribution in [0, 0.1) is 5.92 Å². The molecule has 0 saturated carbocycles. The number of fused-ring (bicyclic) bond motifs is 1. The van der Waals surface area contributed by atoms with Crippen molar-refractivity contribution < 1.29 is 5.11 Å². The average molecular weight is 296 g/mol. The molecule has 2 N–H and O–H groups in total. The van der Waals surface area contributed by atoms with E-state index in [0.29, 0.717) is 5.92 Å². The molecule has 1 aromatic carbocycles. The van der Waals surface area contributed by atoms with Gasteiger partial charge in [-0.15, -0.1) is 0 Å². The lowest BCUT2D eigenvalue weighted by molar-refractivity contribution is 0.282. The Bertz CT molecular complexity index is 779. The molecule has 0 aliphatic heterocycles. The summed E-state index contributed by atoms with van der Waals surface area (Å²) < 4.78 is 1.96. The van der Waals surface area contributed by atoms with Gasteiger partial charge in [0.2, 0.25) is 0 Å². The summed E-state index contributed by atoms with van der Waals surface area (Å²) in [7, 11) is 0. The monoisotopic (exact) mass is 296 g/mol. The summed E-state index contributed by atoms with van der Waals surface area (Å²) >= 11 is 0. The van der Waals surface area contributed by atoms with E-state index >= 15 is 0 Å². The molecule has 0 unspecified atom stereocenters. The molecular weight excluding hydrogens is 276 g/mol. The van der Waals surface area contributed by atoms with Crippen molar-refractivity contribution in [2.75, 3.05) is 11.9 Å². The number of imidazole rings is 1. The van der Waals surface area contributed by atoms with E-state index < -0.39 is 0 Å².